The van der Waals surface area contributed by atoms with E-state index in [9.17, 15) is 14.4 Å². The Bertz CT molecular complexity index is 695. The lowest BCUT2D eigenvalue weighted by Gasteiger charge is -2.32. The van der Waals surface area contributed by atoms with Crippen molar-refractivity contribution >= 4 is 23.5 Å². The molecule has 7 heteroatoms. The van der Waals surface area contributed by atoms with Gasteiger partial charge in [0.05, 0.1) is 18.9 Å². The van der Waals surface area contributed by atoms with Gasteiger partial charge in [0.15, 0.2) is 0 Å². The number of carboxylic acids is 1. The van der Waals surface area contributed by atoms with Gasteiger partial charge in [-0.05, 0) is 25.3 Å². The fourth-order valence-corrected chi connectivity index (χ4v) is 3.56. The van der Waals surface area contributed by atoms with E-state index < -0.39 is 5.97 Å². The average molecular weight is 346 g/mol. The van der Waals surface area contributed by atoms with Crippen LogP contribution in [0.4, 0.5) is 5.69 Å². The van der Waals surface area contributed by atoms with E-state index in [0.717, 1.165) is 11.3 Å². The number of carbonyl (C=O) groups is 3. The minimum Gasteiger partial charge on any atom is -0.496 e. The van der Waals surface area contributed by atoms with Gasteiger partial charge in [0.25, 0.3) is 0 Å². The molecule has 0 bridgehead atoms. The number of benzene rings is 1. The molecule has 1 aromatic carbocycles. The number of nitrogens with one attached hydrogen (secondary N) is 1. The zero-order valence-electron chi connectivity index (χ0n) is 14.2. The van der Waals surface area contributed by atoms with Crippen LogP contribution in [0.3, 0.4) is 0 Å². The van der Waals surface area contributed by atoms with E-state index in [1.54, 1.807) is 7.11 Å². The Labute approximate surface area is 146 Å². The number of amides is 2. The Balaban J connectivity index is 1.77. The number of piperidine rings is 2. The predicted octanol–water partition coefficient (Wildman–Crippen LogP) is 1.52. The molecule has 2 aliphatic heterocycles. The maximum atomic E-state index is 12.1. The summed E-state index contributed by atoms with van der Waals surface area (Å²) in [7, 11) is 1.56. The first-order chi connectivity index (χ1) is 12.0. The van der Waals surface area contributed by atoms with Gasteiger partial charge < -0.3 is 14.7 Å². The fourth-order valence-electron chi connectivity index (χ4n) is 3.56. The van der Waals surface area contributed by atoms with Gasteiger partial charge in [-0.1, -0.05) is 6.07 Å². The molecule has 2 amide bonds. The standard InChI is InChI=1S/C18H22N2O5/c1-25-15-10-12(20-8-6-11(7-9-20)18(23)24)2-3-13(15)14-4-5-16(21)19-17(14)22/h2-3,10-11,14H,4-9H2,1H3,(H,23,24)(H,19,21,22). The molecular formula is C18H22N2O5. The molecule has 0 saturated carbocycles. The van der Waals surface area contributed by atoms with Crippen LogP contribution in [0.1, 0.15) is 37.2 Å². The Morgan fingerprint density at radius 1 is 1.24 bits per heavy atom. The summed E-state index contributed by atoms with van der Waals surface area (Å²) in [4.78, 5) is 36.6. The lowest BCUT2D eigenvalue weighted by Crippen LogP contribution is -2.39. The molecule has 1 unspecified atom stereocenters. The third-order valence-electron chi connectivity index (χ3n) is 5.04. The first kappa shape index (κ1) is 17.3. The molecule has 25 heavy (non-hydrogen) atoms. The second-order valence-corrected chi connectivity index (χ2v) is 6.53. The van der Waals surface area contributed by atoms with E-state index in [1.165, 1.54) is 0 Å². The Hall–Kier alpha value is -2.57. The highest BCUT2D eigenvalue weighted by Crippen LogP contribution is 2.35. The van der Waals surface area contributed by atoms with Crippen LogP contribution in [0, 0.1) is 5.92 Å². The number of carbonyl (C=O) groups excluding carboxylic acids is 2. The zero-order valence-corrected chi connectivity index (χ0v) is 14.2. The van der Waals surface area contributed by atoms with Gasteiger partial charge in [-0.25, -0.2) is 0 Å². The molecule has 0 aromatic heterocycles. The fraction of sp³-hybridized carbons (Fsp3) is 0.500. The summed E-state index contributed by atoms with van der Waals surface area (Å²) in [5.74, 6) is -1.30. The SMILES string of the molecule is COc1cc(N2CCC(C(=O)O)CC2)ccc1C1CCC(=O)NC1=O. The molecule has 2 N–H and O–H groups in total. The number of aliphatic carboxylic acids is 1. The summed E-state index contributed by atoms with van der Waals surface area (Å²) >= 11 is 0. The molecule has 2 fully saturated rings. The molecule has 134 valence electrons. The van der Waals surface area contributed by atoms with Gasteiger partial charge in [0.1, 0.15) is 5.75 Å². The second kappa shape index (κ2) is 7.13. The van der Waals surface area contributed by atoms with Gasteiger partial charge in [-0.15, -0.1) is 0 Å². The summed E-state index contributed by atoms with van der Waals surface area (Å²) in [6.07, 6.45) is 2.04. The first-order valence-electron chi connectivity index (χ1n) is 8.49. The van der Waals surface area contributed by atoms with E-state index in [4.69, 9.17) is 9.84 Å². The topological polar surface area (TPSA) is 95.9 Å². The number of hydrogen-bond donors (Lipinski definition) is 2. The molecule has 7 nitrogen and oxygen atoms in total. The smallest absolute Gasteiger partial charge is 0.306 e. The lowest BCUT2D eigenvalue weighted by atomic mass is 9.89. The molecule has 1 atom stereocenters. The van der Waals surface area contributed by atoms with Gasteiger partial charge in [0.2, 0.25) is 11.8 Å². The monoisotopic (exact) mass is 346 g/mol. The lowest BCUT2D eigenvalue weighted by molar-refractivity contribution is -0.142. The average Bonchev–Trinajstić information content (AvgIpc) is 2.61. The summed E-state index contributed by atoms with van der Waals surface area (Å²) in [5, 5.41) is 11.5. The van der Waals surface area contributed by atoms with Crippen molar-refractivity contribution in [2.75, 3.05) is 25.1 Å². The normalized spacial score (nSPS) is 21.8. The number of anilines is 1. The van der Waals surface area contributed by atoms with E-state index in [1.807, 2.05) is 18.2 Å². The highest BCUT2D eigenvalue weighted by atomic mass is 16.5. The van der Waals surface area contributed by atoms with E-state index in [0.29, 0.717) is 44.5 Å². The molecule has 0 spiro atoms. The van der Waals surface area contributed by atoms with Gasteiger partial charge in [0, 0.05) is 36.8 Å². The van der Waals surface area contributed by atoms with Crippen LogP contribution in [-0.2, 0) is 14.4 Å². The number of ether oxygens (including phenoxy) is 1. The van der Waals surface area contributed by atoms with Crippen molar-refractivity contribution < 1.29 is 24.2 Å². The van der Waals surface area contributed by atoms with Crippen molar-refractivity contribution in [1.82, 2.24) is 5.32 Å². The van der Waals surface area contributed by atoms with Crippen LogP contribution in [0.2, 0.25) is 0 Å². The molecule has 3 rings (SSSR count). The minimum atomic E-state index is -0.731. The highest BCUT2D eigenvalue weighted by molar-refractivity contribution is 6.01. The molecule has 0 radical (unpaired) electrons. The Kier molecular flexibility index (Phi) is 4.92. The maximum Gasteiger partial charge on any atom is 0.306 e. The maximum absolute atomic E-state index is 12.1. The third-order valence-corrected chi connectivity index (χ3v) is 5.04. The summed E-state index contributed by atoms with van der Waals surface area (Å²) in [5.41, 5.74) is 1.73. The number of carboxylic acid groups (broad SMARTS) is 1. The molecule has 2 heterocycles. The molecule has 0 aliphatic carbocycles. The predicted molar refractivity (Wildman–Crippen MR) is 90.7 cm³/mol. The van der Waals surface area contributed by atoms with Crippen LogP contribution in [-0.4, -0.2) is 43.1 Å². The Morgan fingerprint density at radius 3 is 2.56 bits per heavy atom. The quantitative estimate of drug-likeness (QED) is 0.803. The highest BCUT2D eigenvalue weighted by Gasteiger charge is 2.31. The molecule has 1 aromatic rings. The van der Waals surface area contributed by atoms with E-state index >= 15 is 0 Å². The summed E-state index contributed by atoms with van der Waals surface area (Å²) in [6, 6.07) is 5.69. The number of methoxy groups -OCH3 is 1. The number of imide groups is 1. The van der Waals surface area contributed by atoms with Gasteiger partial charge >= 0.3 is 5.97 Å². The zero-order chi connectivity index (χ0) is 18.0. The first-order valence-corrected chi connectivity index (χ1v) is 8.49. The van der Waals surface area contributed by atoms with E-state index in [-0.39, 0.29) is 23.7 Å². The van der Waals surface area contributed by atoms with Crippen LogP contribution in [0.25, 0.3) is 0 Å². The number of rotatable bonds is 4. The summed E-state index contributed by atoms with van der Waals surface area (Å²) < 4.78 is 5.48. The molecule has 2 aliphatic rings. The molecule has 2 saturated heterocycles. The van der Waals surface area contributed by atoms with Crippen molar-refractivity contribution in [3.8, 4) is 5.75 Å². The van der Waals surface area contributed by atoms with Crippen molar-refractivity contribution in [2.45, 2.75) is 31.6 Å². The minimum absolute atomic E-state index is 0.238. The van der Waals surface area contributed by atoms with Crippen LogP contribution in [0.15, 0.2) is 18.2 Å². The third kappa shape index (κ3) is 3.60. The van der Waals surface area contributed by atoms with Crippen LogP contribution in [0.5, 0.6) is 5.75 Å². The molecular weight excluding hydrogens is 324 g/mol. The second-order valence-electron chi connectivity index (χ2n) is 6.53. The van der Waals surface area contributed by atoms with Crippen LogP contribution < -0.4 is 15.0 Å². The van der Waals surface area contributed by atoms with E-state index in [2.05, 4.69) is 10.2 Å². The Morgan fingerprint density at radius 2 is 1.96 bits per heavy atom. The largest absolute Gasteiger partial charge is 0.496 e. The van der Waals surface area contributed by atoms with Crippen molar-refractivity contribution in [3.05, 3.63) is 23.8 Å². The van der Waals surface area contributed by atoms with Gasteiger partial charge in [-0.2, -0.15) is 0 Å². The van der Waals surface area contributed by atoms with Crippen LogP contribution >= 0.6 is 0 Å². The van der Waals surface area contributed by atoms with Crippen molar-refractivity contribution in [2.24, 2.45) is 5.92 Å². The van der Waals surface area contributed by atoms with Crippen molar-refractivity contribution in [1.29, 1.82) is 0 Å². The van der Waals surface area contributed by atoms with Gasteiger partial charge in [-0.3, -0.25) is 19.7 Å². The van der Waals surface area contributed by atoms with Crippen molar-refractivity contribution in [3.63, 3.8) is 0 Å². The number of hydrogen-bond acceptors (Lipinski definition) is 5. The number of nitrogens with zero attached hydrogens (tertiary/aromatic N) is 1. The summed E-state index contributed by atoms with van der Waals surface area (Å²) in [6.45, 7) is 1.36.